The van der Waals surface area contributed by atoms with E-state index in [9.17, 15) is 4.39 Å². The van der Waals surface area contributed by atoms with Crippen LogP contribution in [0.2, 0.25) is 0 Å². The van der Waals surface area contributed by atoms with Crippen LogP contribution in [-0.4, -0.2) is 11.5 Å². The summed E-state index contributed by atoms with van der Waals surface area (Å²) in [7, 11) is 0. The molecule has 21 heavy (non-hydrogen) atoms. The summed E-state index contributed by atoms with van der Waals surface area (Å²) in [5.74, 6) is 1.23. The summed E-state index contributed by atoms with van der Waals surface area (Å²) >= 11 is 0. The minimum Gasteiger partial charge on any atom is -0.437 e. The van der Waals surface area contributed by atoms with Crippen molar-refractivity contribution in [2.24, 2.45) is 5.92 Å². The Labute approximate surface area is 124 Å². The van der Waals surface area contributed by atoms with Crippen molar-refractivity contribution in [1.29, 1.82) is 0 Å². The van der Waals surface area contributed by atoms with E-state index in [1.807, 2.05) is 19.9 Å². The van der Waals surface area contributed by atoms with Crippen molar-refractivity contribution in [1.82, 2.24) is 10.3 Å². The second kappa shape index (κ2) is 5.76. The molecular formula is C17H23FN2O. The third-order valence-corrected chi connectivity index (χ3v) is 4.41. The van der Waals surface area contributed by atoms with Crippen molar-refractivity contribution in [3.63, 3.8) is 0 Å². The molecule has 1 N–H and O–H groups in total. The Morgan fingerprint density at radius 3 is 2.71 bits per heavy atom. The number of aromatic nitrogens is 1. The molecule has 1 saturated carbocycles. The van der Waals surface area contributed by atoms with E-state index in [1.54, 1.807) is 6.07 Å². The van der Waals surface area contributed by atoms with Crippen molar-refractivity contribution in [2.75, 3.05) is 6.54 Å². The molecule has 0 aliphatic heterocycles. The second-order valence-electron chi connectivity index (χ2n) is 6.48. The van der Waals surface area contributed by atoms with Gasteiger partial charge in [0.25, 0.3) is 0 Å². The Morgan fingerprint density at radius 2 is 2.10 bits per heavy atom. The van der Waals surface area contributed by atoms with E-state index in [2.05, 4.69) is 17.2 Å². The van der Waals surface area contributed by atoms with Crippen molar-refractivity contribution >= 4 is 11.1 Å². The zero-order chi connectivity index (χ0) is 15.0. The maximum atomic E-state index is 14.2. The number of fused-ring (bicyclic) bond motifs is 1. The smallest absolute Gasteiger partial charge is 0.198 e. The standard InChI is InChI=1S/C17H23FN2O/c1-10(2)17-20-15-8-13(7-14(18)16(15)21-17)11(3)19-9-12-5-4-6-12/h7-8,10-12,19H,4-6,9H2,1-3H3/t11-/m1/s1. The summed E-state index contributed by atoms with van der Waals surface area (Å²) in [5.41, 5.74) is 1.82. The van der Waals surface area contributed by atoms with Crippen LogP contribution in [0.15, 0.2) is 16.5 Å². The van der Waals surface area contributed by atoms with Gasteiger partial charge in [-0.25, -0.2) is 9.37 Å². The normalized spacial score (nSPS) is 17.4. The quantitative estimate of drug-likeness (QED) is 0.878. The van der Waals surface area contributed by atoms with Gasteiger partial charge in [-0.15, -0.1) is 0 Å². The molecule has 0 spiro atoms. The Morgan fingerprint density at radius 1 is 1.33 bits per heavy atom. The maximum absolute atomic E-state index is 14.2. The Bertz CT molecular complexity index is 631. The average molecular weight is 290 g/mol. The van der Waals surface area contributed by atoms with Crippen LogP contribution < -0.4 is 5.32 Å². The van der Waals surface area contributed by atoms with Gasteiger partial charge in [0.15, 0.2) is 17.3 Å². The van der Waals surface area contributed by atoms with E-state index in [0.717, 1.165) is 18.0 Å². The summed E-state index contributed by atoms with van der Waals surface area (Å²) in [5, 5.41) is 3.50. The fraction of sp³-hybridized carbons (Fsp3) is 0.588. The van der Waals surface area contributed by atoms with Gasteiger partial charge >= 0.3 is 0 Å². The molecule has 0 amide bonds. The van der Waals surface area contributed by atoms with E-state index in [-0.39, 0.29) is 23.4 Å². The number of oxazole rings is 1. The number of hydrogen-bond acceptors (Lipinski definition) is 3. The molecule has 1 aromatic heterocycles. The molecule has 0 saturated heterocycles. The molecule has 2 aromatic rings. The molecule has 1 aliphatic carbocycles. The van der Waals surface area contributed by atoms with Gasteiger partial charge in [0.05, 0.1) is 0 Å². The van der Waals surface area contributed by atoms with E-state index in [1.165, 1.54) is 19.3 Å². The lowest BCUT2D eigenvalue weighted by atomic mass is 9.85. The zero-order valence-corrected chi connectivity index (χ0v) is 12.9. The molecule has 4 heteroatoms. The first kappa shape index (κ1) is 14.5. The number of halogens is 1. The highest BCUT2D eigenvalue weighted by atomic mass is 19.1. The highest BCUT2D eigenvalue weighted by Gasteiger charge is 2.20. The molecule has 1 heterocycles. The molecule has 1 atom stereocenters. The van der Waals surface area contributed by atoms with Gasteiger partial charge in [-0.1, -0.05) is 20.3 Å². The summed E-state index contributed by atoms with van der Waals surface area (Å²) in [6.07, 6.45) is 3.97. The number of nitrogens with zero attached hydrogens (tertiary/aromatic N) is 1. The van der Waals surface area contributed by atoms with Crippen molar-refractivity contribution in [2.45, 2.75) is 52.0 Å². The predicted octanol–water partition coefficient (Wildman–Crippen LogP) is 4.54. The minimum absolute atomic E-state index is 0.128. The largest absolute Gasteiger partial charge is 0.437 e. The van der Waals surface area contributed by atoms with E-state index in [0.29, 0.717) is 11.4 Å². The molecule has 1 fully saturated rings. The maximum Gasteiger partial charge on any atom is 0.198 e. The fourth-order valence-electron chi connectivity index (χ4n) is 2.68. The van der Waals surface area contributed by atoms with Crippen LogP contribution in [0.5, 0.6) is 0 Å². The second-order valence-corrected chi connectivity index (χ2v) is 6.48. The number of rotatable bonds is 5. The third kappa shape index (κ3) is 2.95. The molecule has 0 bridgehead atoms. The third-order valence-electron chi connectivity index (χ3n) is 4.41. The summed E-state index contributed by atoms with van der Waals surface area (Å²) < 4.78 is 19.7. The number of nitrogens with one attached hydrogen (secondary N) is 1. The molecule has 114 valence electrons. The molecule has 3 rings (SSSR count). The van der Waals surface area contributed by atoms with Crippen molar-refractivity contribution in [3.05, 3.63) is 29.4 Å². The van der Waals surface area contributed by atoms with Crippen LogP contribution in [0.1, 0.15) is 63.4 Å². The molecular weight excluding hydrogens is 267 g/mol. The van der Waals surface area contributed by atoms with Gasteiger partial charge in [-0.05, 0) is 49.9 Å². The summed E-state index contributed by atoms with van der Waals surface area (Å²) in [4.78, 5) is 4.40. The highest BCUT2D eigenvalue weighted by molar-refractivity contribution is 5.74. The predicted molar refractivity (Wildman–Crippen MR) is 81.8 cm³/mol. The highest BCUT2D eigenvalue weighted by Crippen LogP contribution is 2.28. The summed E-state index contributed by atoms with van der Waals surface area (Å²) in [6, 6.07) is 3.63. The molecule has 1 aliphatic rings. The topological polar surface area (TPSA) is 38.1 Å². The monoisotopic (exact) mass is 290 g/mol. The van der Waals surface area contributed by atoms with Gasteiger partial charge < -0.3 is 9.73 Å². The lowest BCUT2D eigenvalue weighted by Gasteiger charge is -2.27. The van der Waals surface area contributed by atoms with Crippen LogP contribution in [-0.2, 0) is 0 Å². The van der Waals surface area contributed by atoms with E-state index >= 15 is 0 Å². The van der Waals surface area contributed by atoms with Gasteiger partial charge in [0.2, 0.25) is 0 Å². The Kier molecular flexibility index (Phi) is 3.98. The van der Waals surface area contributed by atoms with Gasteiger partial charge in [-0.3, -0.25) is 0 Å². The fourth-order valence-corrected chi connectivity index (χ4v) is 2.68. The molecule has 3 nitrogen and oxygen atoms in total. The van der Waals surface area contributed by atoms with Crippen LogP contribution in [0.25, 0.3) is 11.1 Å². The Balaban J connectivity index is 1.81. The van der Waals surface area contributed by atoms with E-state index < -0.39 is 0 Å². The number of hydrogen-bond donors (Lipinski definition) is 1. The lowest BCUT2D eigenvalue weighted by Crippen LogP contribution is -2.29. The first-order valence-electron chi connectivity index (χ1n) is 7.88. The van der Waals surface area contributed by atoms with Crippen LogP contribution >= 0.6 is 0 Å². The summed E-state index contributed by atoms with van der Waals surface area (Å²) in [6.45, 7) is 7.07. The minimum atomic E-state index is -0.320. The lowest BCUT2D eigenvalue weighted by molar-refractivity contribution is 0.292. The van der Waals surface area contributed by atoms with Crippen molar-refractivity contribution in [3.8, 4) is 0 Å². The number of benzene rings is 1. The molecule has 1 aromatic carbocycles. The first-order chi connectivity index (χ1) is 10.0. The van der Waals surface area contributed by atoms with Crippen LogP contribution in [0.3, 0.4) is 0 Å². The van der Waals surface area contributed by atoms with Crippen LogP contribution in [0.4, 0.5) is 4.39 Å². The molecule has 0 radical (unpaired) electrons. The van der Waals surface area contributed by atoms with E-state index in [4.69, 9.17) is 4.42 Å². The first-order valence-corrected chi connectivity index (χ1v) is 7.88. The Hall–Kier alpha value is -1.42. The van der Waals surface area contributed by atoms with Gasteiger partial charge in [0, 0.05) is 12.0 Å². The van der Waals surface area contributed by atoms with Crippen LogP contribution in [0, 0.1) is 11.7 Å². The van der Waals surface area contributed by atoms with Crippen molar-refractivity contribution < 1.29 is 8.81 Å². The SMILES string of the molecule is CC(C)c1nc2cc([C@@H](C)NCC3CCC3)cc(F)c2o1. The molecule has 0 unspecified atom stereocenters. The van der Waals surface area contributed by atoms with Gasteiger partial charge in [-0.2, -0.15) is 0 Å². The average Bonchev–Trinajstić information content (AvgIpc) is 2.81. The zero-order valence-electron chi connectivity index (χ0n) is 12.9. The van der Waals surface area contributed by atoms with Gasteiger partial charge in [0.1, 0.15) is 5.52 Å².